The Balaban J connectivity index is 2.44. The van der Waals surface area contributed by atoms with Gasteiger partial charge in [0.2, 0.25) is 5.43 Å². The van der Waals surface area contributed by atoms with Gasteiger partial charge in [0.05, 0.1) is 16.3 Å². The summed E-state index contributed by atoms with van der Waals surface area (Å²) in [5.74, 6) is -0.798. The van der Waals surface area contributed by atoms with Crippen molar-refractivity contribution in [2.75, 3.05) is 6.26 Å². The van der Waals surface area contributed by atoms with E-state index in [2.05, 4.69) is 19.9 Å². The van der Waals surface area contributed by atoms with E-state index in [0.29, 0.717) is 21.9 Å². The third-order valence-electron chi connectivity index (χ3n) is 4.40. The van der Waals surface area contributed by atoms with Crippen molar-refractivity contribution < 1.29 is 14.3 Å². The van der Waals surface area contributed by atoms with E-state index in [9.17, 15) is 9.59 Å². The minimum absolute atomic E-state index is 0.0809. The topological polar surface area (TPSA) is 67.5 Å². The fraction of sp³-hybridized carbons (Fsp3) is 0.263. The van der Waals surface area contributed by atoms with E-state index in [1.807, 2.05) is 12.3 Å². The Kier molecular flexibility index (Phi) is 4.37. The first-order valence-corrected chi connectivity index (χ1v) is 9.00. The summed E-state index contributed by atoms with van der Waals surface area (Å²) in [6.07, 6.45) is 2.90. The normalized spacial score (nSPS) is 12.6. The van der Waals surface area contributed by atoms with Crippen LogP contribution in [-0.4, -0.2) is 17.3 Å². The lowest BCUT2D eigenvalue weighted by Crippen LogP contribution is -2.07. The lowest BCUT2D eigenvalue weighted by atomic mass is 9.96. The van der Waals surface area contributed by atoms with E-state index in [1.165, 1.54) is 12.1 Å². The first kappa shape index (κ1) is 16.6. The predicted molar refractivity (Wildman–Crippen MR) is 97.4 cm³/mol. The van der Waals surface area contributed by atoms with Crippen LogP contribution in [0.2, 0.25) is 0 Å². The third-order valence-corrected chi connectivity index (χ3v) is 5.11. The number of hydrogen-bond donors (Lipinski definition) is 1. The van der Waals surface area contributed by atoms with Crippen LogP contribution in [0.15, 0.2) is 44.4 Å². The number of benzene rings is 2. The number of hydrogen-bond acceptors (Lipinski definition) is 4. The maximum Gasteiger partial charge on any atom is 0.335 e. The lowest BCUT2D eigenvalue weighted by Gasteiger charge is -2.14. The van der Waals surface area contributed by atoms with E-state index in [1.54, 1.807) is 17.8 Å². The Morgan fingerprint density at radius 3 is 2.62 bits per heavy atom. The van der Waals surface area contributed by atoms with Gasteiger partial charge in [-0.15, -0.1) is 11.8 Å². The van der Waals surface area contributed by atoms with Gasteiger partial charge in [0, 0.05) is 4.90 Å². The van der Waals surface area contributed by atoms with Crippen LogP contribution < -0.4 is 5.43 Å². The molecule has 1 aromatic heterocycles. The standard InChI is InChI=1S/C19H18O4S/c1-4-10(2)13-8-12(24-3)9-15-17(20)14-7-11(19(21)22)5-6-16(14)23-18(13)15/h5-10H,4H2,1-3H3,(H,21,22). The van der Waals surface area contributed by atoms with E-state index in [0.717, 1.165) is 16.9 Å². The minimum atomic E-state index is -1.06. The van der Waals surface area contributed by atoms with Gasteiger partial charge < -0.3 is 9.52 Å². The second-order valence-corrected chi connectivity index (χ2v) is 6.73. The summed E-state index contributed by atoms with van der Waals surface area (Å²) in [5.41, 5.74) is 1.93. The summed E-state index contributed by atoms with van der Waals surface area (Å²) in [6.45, 7) is 4.21. The van der Waals surface area contributed by atoms with Gasteiger partial charge in [-0.05, 0) is 54.5 Å². The molecule has 4 nitrogen and oxygen atoms in total. The first-order chi connectivity index (χ1) is 11.5. The van der Waals surface area contributed by atoms with Gasteiger partial charge in [-0.2, -0.15) is 0 Å². The van der Waals surface area contributed by atoms with Crippen LogP contribution >= 0.6 is 11.8 Å². The third kappa shape index (κ3) is 2.69. The number of thioether (sulfide) groups is 1. The minimum Gasteiger partial charge on any atom is -0.478 e. The molecule has 0 spiro atoms. The summed E-state index contributed by atoms with van der Waals surface area (Å²) < 4.78 is 6.01. The molecule has 3 aromatic rings. The smallest absolute Gasteiger partial charge is 0.335 e. The van der Waals surface area contributed by atoms with Crippen LogP contribution in [0.5, 0.6) is 0 Å². The number of fused-ring (bicyclic) bond motifs is 2. The Morgan fingerprint density at radius 1 is 1.25 bits per heavy atom. The Hall–Kier alpha value is -2.27. The molecule has 0 saturated carbocycles. The van der Waals surface area contributed by atoms with Gasteiger partial charge in [0.15, 0.2) is 0 Å². The molecule has 124 valence electrons. The highest BCUT2D eigenvalue weighted by molar-refractivity contribution is 7.98. The number of carboxylic acids is 1. The van der Waals surface area contributed by atoms with Gasteiger partial charge in [-0.25, -0.2) is 4.79 Å². The van der Waals surface area contributed by atoms with Crippen molar-refractivity contribution in [2.24, 2.45) is 0 Å². The summed E-state index contributed by atoms with van der Waals surface area (Å²) >= 11 is 1.57. The molecule has 0 aliphatic heterocycles. The fourth-order valence-corrected chi connectivity index (χ4v) is 3.28. The fourth-order valence-electron chi connectivity index (χ4n) is 2.79. The van der Waals surface area contributed by atoms with Gasteiger partial charge in [-0.3, -0.25) is 4.79 Å². The summed E-state index contributed by atoms with van der Waals surface area (Å²) in [5, 5.41) is 9.95. The van der Waals surface area contributed by atoms with Gasteiger partial charge >= 0.3 is 5.97 Å². The highest BCUT2D eigenvalue weighted by Crippen LogP contribution is 2.32. The molecule has 0 radical (unpaired) electrons. The number of aromatic carboxylic acids is 1. The highest BCUT2D eigenvalue weighted by atomic mass is 32.2. The molecule has 3 rings (SSSR count). The molecule has 0 aliphatic rings. The SMILES string of the molecule is CCC(C)c1cc(SC)cc2c(=O)c3cc(C(=O)O)ccc3oc12. The van der Waals surface area contributed by atoms with Crippen LogP contribution in [0, 0.1) is 0 Å². The van der Waals surface area contributed by atoms with Crippen molar-refractivity contribution >= 4 is 39.7 Å². The lowest BCUT2D eigenvalue weighted by molar-refractivity contribution is 0.0697. The van der Waals surface area contributed by atoms with E-state index in [-0.39, 0.29) is 16.9 Å². The molecule has 0 amide bonds. The maximum atomic E-state index is 12.9. The molecule has 2 aromatic carbocycles. The number of carbonyl (C=O) groups is 1. The molecule has 1 unspecified atom stereocenters. The van der Waals surface area contributed by atoms with Crippen molar-refractivity contribution in [3.8, 4) is 0 Å². The molecule has 24 heavy (non-hydrogen) atoms. The monoisotopic (exact) mass is 342 g/mol. The second-order valence-electron chi connectivity index (χ2n) is 5.85. The largest absolute Gasteiger partial charge is 0.478 e. The summed E-state index contributed by atoms with van der Waals surface area (Å²) in [6, 6.07) is 8.30. The van der Waals surface area contributed by atoms with Crippen molar-refractivity contribution in [3.63, 3.8) is 0 Å². The molecule has 1 N–H and O–H groups in total. The Bertz CT molecular complexity index is 1000. The van der Waals surface area contributed by atoms with Crippen molar-refractivity contribution in [3.05, 3.63) is 51.7 Å². The molecule has 1 heterocycles. The Labute approximate surface area is 143 Å². The summed E-state index contributed by atoms with van der Waals surface area (Å²) in [4.78, 5) is 25.1. The molecule has 0 saturated heterocycles. The van der Waals surface area contributed by atoms with Crippen molar-refractivity contribution in [1.29, 1.82) is 0 Å². The Morgan fingerprint density at radius 2 is 2.00 bits per heavy atom. The van der Waals surface area contributed by atoms with Crippen LogP contribution in [0.25, 0.3) is 21.9 Å². The average molecular weight is 342 g/mol. The van der Waals surface area contributed by atoms with Crippen molar-refractivity contribution in [2.45, 2.75) is 31.1 Å². The zero-order chi connectivity index (χ0) is 17.4. The highest BCUT2D eigenvalue weighted by Gasteiger charge is 2.17. The molecule has 5 heteroatoms. The van der Waals surface area contributed by atoms with E-state index < -0.39 is 5.97 Å². The molecule has 1 atom stereocenters. The average Bonchev–Trinajstić information content (AvgIpc) is 2.60. The van der Waals surface area contributed by atoms with Crippen LogP contribution in [0.1, 0.15) is 42.1 Å². The van der Waals surface area contributed by atoms with Crippen LogP contribution in [0.3, 0.4) is 0 Å². The van der Waals surface area contributed by atoms with Crippen molar-refractivity contribution in [1.82, 2.24) is 0 Å². The molecule has 0 aliphatic carbocycles. The second kappa shape index (κ2) is 6.32. The molecular weight excluding hydrogens is 324 g/mol. The van der Waals surface area contributed by atoms with Gasteiger partial charge in [0.25, 0.3) is 0 Å². The van der Waals surface area contributed by atoms with Gasteiger partial charge in [0.1, 0.15) is 11.2 Å². The summed E-state index contributed by atoms with van der Waals surface area (Å²) in [7, 11) is 0. The first-order valence-electron chi connectivity index (χ1n) is 7.78. The van der Waals surface area contributed by atoms with Crippen LogP contribution in [0.4, 0.5) is 0 Å². The quantitative estimate of drug-likeness (QED) is 0.540. The molecular formula is C19H18O4S. The predicted octanol–water partition coefficient (Wildman–Crippen LogP) is 4.88. The number of rotatable bonds is 4. The molecule has 0 bridgehead atoms. The van der Waals surface area contributed by atoms with Gasteiger partial charge in [-0.1, -0.05) is 13.8 Å². The number of carboxylic acid groups (broad SMARTS) is 1. The zero-order valence-electron chi connectivity index (χ0n) is 13.8. The maximum absolute atomic E-state index is 12.9. The zero-order valence-corrected chi connectivity index (χ0v) is 14.6. The van der Waals surface area contributed by atoms with E-state index in [4.69, 9.17) is 9.52 Å². The van der Waals surface area contributed by atoms with E-state index >= 15 is 0 Å². The van der Waals surface area contributed by atoms with Crippen LogP contribution in [-0.2, 0) is 0 Å². The molecule has 0 fully saturated rings.